The molecule has 0 spiro atoms. The van der Waals surface area contributed by atoms with Crippen LogP contribution >= 0.6 is 31.9 Å². The highest BCUT2D eigenvalue weighted by atomic mass is 79.9. The summed E-state index contributed by atoms with van der Waals surface area (Å²) >= 11 is 6.92. The van der Waals surface area contributed by atoms with Crippen LogP contribution in [0.5, 0.6) is 5.75 Å². The monoisotopic (exact) mass is 347 g/mol. The molecule has 0 bridgehead atoms. The van der Waals surface area contributed by atoms with E-state index in [2.05, 4.69) is 45.7 Å². The van der Waals surface area contributed by atoms with Crippen molar-refractivity contribution in [3.8, 4) is 5.75 Å². The lowest BCUT2D eigenvalue weighted by Gasteiger charge is -2.49. The van der Waals surface area contributed by atoms with Crippen molar-refractivity contribution in [3.63, 3.8) is 0 Å². The van der Waals surface area contributed by atoms with Crippen molar-refractivity contribution < 1.29 is 4.74 Å². The molecule has 0 aromatic heterocycles. The Hall–Kier alpha value is -0.0600. The van der Waals surface area contributed by atoms with Gasteiger partial charge < -0.3 is 10.5 Å². The summed E-state index contributed by atoms with van der Waals surface area (Å²) < 4.78 is 7.98. The molecule has 0 radical (unpaired) electrons. The van der Waals surface area contributed by atoms with E-state index in [9.17, 15) is 0 Å². The van der Waals surface area contributed by atoms with Crippen LogP contribution in [-0.2, 0) is 0 Å². The van der Waals surface area contributed by atoms with E-state index >= 15 is 0 Å². The lowest BCUT2D eigenvalue weighted by atomic mass is 9.65. The first-order valence-corrected chi connectivity index (χ1v) is 6.87. The van der Waals surface area contributed by atoms with Crippen LogP contribution in [0.2, 0.25) is 0 Å². The summed E-state index contributed by atoms with van der Waals surface area (Å²) in [6.07, 6.45) is 1.13. The largest absolute Gasteiger partial charge is 0.489 e. The van der Waals surface area contributed by atoms with Gasteiger partial charge in [0.05, 0.1) is 4.47 Å². The Bertz CT molecular complexity index is 406. The molecule has 16 heavy (non-hydrogen) atoms. The second-order valence-corrected chi connectivity index (χ2v) is 6.61. The van der Waals surface area contributed by atoms with Gasteiger partial charge in [-0.05, 0) is 34.1 Å². The van der Waals surface area contributed by atoms with Crippen LogP contribution in [-0.4, -0.2) is 12.1 Å². The molecule has 1 aliphatic carbocycles. The number of nitrogens with two attached hydrogens (primary N) is 1. The Balaban J connectivity index is 2.11. The Kier molecular flexibility index (Phi) is 3.34. The van der Waals surface area contributed by atoms with Crippen LogP contribution in [0.3, 0.4) is 0 Å². The van der Waals surface area contributed by atoms with E-state index in [1.54, 1.807) is 0 Å². The van der Waals surface area contributed by atoms with Crippen molar-refractivity contribution in [1.29, 1.82) is 0 Å². The topological polar surface area (TPSA) is 35.2 Å². The van der Waals surface area contributed by atoms with Crippen LogP contribution in [0.4, 0.5) is 0 Å². The molecule has 2 N–H and O–H groups in total. The maximum Gasteiger partial charge on any atom is 0.134 e. The average Bonchev–Trinajstić information content (AvgIpc) is 2.21. The maximum absolute atomic E-state index is 5.97. The highest BCUT2D eigenvalue weighted by molar-refractivity contribution is 9.11. The number of halogens is 2. The van der Waals surface area contributed by atoms with Crippen molar-refractivity contribution in [2.45, 2.75) is 32.4 Å². The normalized spacial score (nSPS) is 27.3. The fourth-order valence-electron chi connectivity index (χ4n) is 1.84. The molecular weight excluding hydrogens is 334 g/mol. The van der Waals surface area contributed by atoms with Crippen LogP contribution in [0.25, 0.3) is 0 Å². The third-order valence-corrected chi connectivity index (χ3v) is 4.53. The van der Waals surface area contributed by atoms with Crippen LogP contribution in [0.15, 0.2) is 27.1 Å². The lowest BCUT2D eigenvalue weighted by Crippen LogP contribution is -2.60. The molecule has 1 fully saturated rings. The minimum atomic E-state index is 0.0620. The smallest absolute Gasteiger partial charge is 0.134 e. The Morgan fingerprint density at radius 3 is 2.56 bits per heavy atom. The van der Waals surface area contributed by atoms with Gasteiger partial charge in [0.25, 0.3) is 0 Å². The molecule has 0 saturated heterocycles. The number of hydrogen-bond acceptors (Lipinski definition) is 2. The summed E-state index contributed by atoms with van der Waals surface area (Å²) in [6, 6.07) is 6.17. The Morgan fingerprint density at radius 2 is 2.06 bits per heavy atom. The molecule has 2 rings (SSSR count). The minimum Gasteiger partial charge on any atom is -0.489 e. The first kappa shape index (κ1) is 12.4. The molecular formula is C12H15Br2NO. The SMILES string of the molecule is CC1(C)C(N)CC1Oc1ccc(Br)cc1Br. The van der Waals surface area contributed by atoms with Crippen LogP contribution in [0, 0.1) is 5.41 Å². The quantitative estimate of drug-likeness (QED) is 0.884. The Morgan fingerprint density at radius 1 is 1.38 bits per heavy atom. The molecule has 0 amide bonds. The molecule has 1 saturated carbocycles. The number of benzene rings is 1. The standard InChI is InChI=1S/C12H15Br2NO/c1-12(2)10(15)6-11(12)16-9-4-3-7(13)5-8(9)14/h3-5,10-11H,6,15H2,1-2H3. The minimum absolute atomic E-state index is 0.0620. The summed E-state index contributed by atoms with van der Waals surface area (Å²) in [5, 5.41) is 0. The zero-order valence-corrected chi connectivity index (χ0v) is 12.5. The van der Waals surface area contributed by atoms with E-state index in [0.29, 0.717) is 0 Å². The first-order valence-electron chi connectivity index (χ1n) is 5.28. The molecule has 4 heteroatoms. The molecule has 1 aromatic rings. The first-order chi connectivity index (χ1) is 7.41. The predicted octanol–water partition coefficient (Wildman–Crippen LogP) is 3.72. The van der Waals surface area contributed by atoms with Gasteiger partial charge in [-0.25, -0.2) is 0 Å². The van der Waals surface area contributed by atoms with Gasteiger partial charge in [-0.1, -0.05) is 29.8 Å². The molecule has 0 heterocycles. The van der Waals surface area contributed by atoms with Crippen molar-refractivity contribution in [3.05, 3.63) is 27.1 Å². The van der Waals surface area contributed by atoms with E-state index < -0.39 is 0 Å². The van der Waals surface area contributed by atoms with Gasteiger partial charge in [-0.15, -0.1) is 0 Å². The maximum atomic E-state index is 5.97. The third kappa shape index (κ3) is 2.15. The average molecular weight is 349 g/mol. The zero-order chi connectivity index (χ0) is 11.9. The third-order valence-electron chi connectivity index (χ3n) is 3.42. The lowest BCUT2D eigenvalue weighted by molar-refractivity contribution is -0.0404. The molecule has 2 atom stereocenters. The molecule has 1 aromatic carbocycles. The molecule has 2 unspecified atom stereocenters. The van der Waals surface area contributed by atoms with Gasteiger partial charge in [0.2, 0.25) is 0 Å². The van der Waals surface area contributed by atoms with Gasteiger partial charge in [0.1, 0.15) is 11.9 Å². The summed E-state index contributed by atoms with van der Waals surface area (Å²) in [7, 11) is 0. The fourth-order valence-corrected chi connectivity index (χ4v) is 2.98. The van der Waals surface area contributed by atoms with Crippen LogP contribution in [0.1, 0.15) is 20.3 Å². The highest BCUT2D eigenvalue weighted by Gasteiger charge is 2.48. The van der Waals surface area contributed by atoms with Crippen molar-refractivity contribution in [2.75, 3.05) is 0 Å². The van der Waals surface area contributed by atoms with Gasteiger partial charge >= 0.3 is 0 Å². The highest BCUT2D eigenvalue weighted by Crippen LogP contribution is 2.43. The van der Waals surface area contributed by atoms with E-state index in [0.717, 1.165) is 21.1 Å². The molecule has 2 nitrogen and oxygen atoms in total. The van der Waals surface area contributed by atoms with Gasteiger partial charge in [-0.3, -0.25) is 0 Å². The Labute approximate surface area is 113 Å². The van der Waals surface area contributed by atoms with Gasteiger partial charge in [0.15, 0.2) is 0 Å². The number of rotatable bonds is 2. The van der Waals surface area contributed by atoms with Crippen molar-refractivity contribution >= 4 is 31.9 Å². The number of hydrogen-bond donors (Lipinski definition) is 1. The van der Waals surface area contributed by atoms with E-state index in [4.69, 9.17) is 10.5 Å². The van der Waals surface area contributed by atoms with Gasteiger partial charge in [0, 0.05) is 22.4 Å². The van der Waals surface area contributed by atoms with Crippen molar-refractivity contribution in [1.82, 2.24) is 0 Å². The van der Waals surface area contributed by atoms with E-state index in [1.807, 2.05) is 18.2 Å². The fraction of sp³-hybridized carbons (Fsp3) is 0.500. The van der Waals surface area contributed by atoms with E-state index in [1.165, 1.54) is 0 Å². The molecule has 88 valence electrons. The summed E-state index contributed by atoms with van der Waals surface area (Å²) in [5.74, 6) is 0.883. The number of ether oxygens (including phenoxy) is 1. The second-order valence-electron chi connectivity index (χ2n) is 4.84. The summed E-state index contributed by atoms with van der Waals surface area (Å²) in [6.45, 7) is 4.30. The second kappa shape index (κ2) is 4.31. The summed E-state index contributed by atoms with van der Waals surface area (Å²) in [5.41, 5.74) is 6.03. The van der Waals surface area contributed by atoms with Crippen LogP contribution < -0.4 is 10.5 Å². The van der Waals surface area contributed by atoms with Gasteiger partial charge in [-0.2, -0.15) is 0 Å². The van der Waals surface area contributed by atoms with Crippen molar-refractivity contribution in [2.24, 2.45) is 11.1 Å². The summed E-state index contributed by atoms with van der Waals surface area (Å²) in [4.78, 5) is 0. The predicted molar refractivity (Wildman–Crippen MR) is 72.6 cm³/mol. The zero-order valence-electron chi connectivity index (χ0n) is 9.34. The molecule has 1 aliphatic rings. The molecule has 0 aliphatic heterocycles. The van der Waals surface area contributed by atoms with E-state index in [-0.39, 0.29) is 17.6 Å².